The minimum atomic E-state index is 0.280. The fraction of sp³-hybridized carbons (Fsp3) is 0.462. The molecule has 5 nitrogen and oxygen atoms in total. The maximum atomic E-state index is 9.41. The lowest BCUT2D eigenvalue weighted by Crippen LogP contribution is -2.37. The van der Waals surface area contributed by atoms with Crippen LogP contribution in [0.4, 0.5) is 0 Å². The van der Waals surface area contributed by atoms with Gasteiger partial charge < -0.3 is 14.2 Å². The molecule has 2 aromatic rings. The Hall–Kier alpha value is -1.59. The Bertz CT molecular complexity index is 532. The number of morpholine rings is 1. The van der Waals surface area contributed by atoms with Crippen molar-refractivity contribution in [3.05, 3.63) is 30.4 Å². The van der Waals surface area contributed by atoms with Gasteiger partial charge in [0, 0.05) is 38.3 Å². The molecule has 0 aromatic carbocycles. The Morgan fingerprint density at radius 3 is 3.00 bits per heavy atom. The molecule has 1 fully saturated rings. The highest BCUT2D eigenvalue weighted by molar-refractivity contribution is 5.50. The van der Waals surface area contributed by atoms with Crippen molar-refractivity contribution in [3.8, 4) is 5.75 Å². The van der Waals surface area contributed by atoms with E-state index in [1.54, 1.807) is 18.3 Å². The third kappa shape index (κ3) is 2.32. The molecule has 5 heteroatoms. The van der Waals surface area contributed by atoms with E-state index < -0.39 is 0 Å². The Kier molecular flexibility index (Phi) is 3.17. The summed E-state index contributed by atoms with van der Waals surface area (Å²) in [6.45, 7) is 4.67. The lowest BCUT2D eigenvalue weighted by molar-refractivity contribution is 0.0382. The zero-order valence-corrected chi connectivity index (χ0v) is 10.2. The third-order valence-corrected chi connectivity index (χ3v) is 3.35. The van der Waals surface area contributed by atoms with E-state index in [2.05, 4.69) is 9.88 Å². The normalized spacial score (nSPS) is 17.3. The van der Waals surface area contributed by atoms with Gasteiger partial charge in [-0.1, -0.05) is 0 Å². The lowest BCUT2D eigenvalue weighted by Gasteiger charge is -2.26. The highest BCUT2D eigenvalue weighted by atomic mass is 16.5. The summed E-state index contributed by atoms with van der Waals surface area (Å²) < 4.78 is 7.36. The first-order valence-electron chi connectivity index (χ1n) is 6.28. The van der Waals surface area contributed by atoms with E-state index in [1.165, 1.54) is 0 Å². The topological polar surface area (TPSA) is 50.0 Å². The molecular weight excluding hydrogens is 230 g/mol. The minimum absolute atomic E-state index is 0.280. The first kappa shape index (κ1) is 11.5. The molecule has 0 saturated carbocycles. The van der Waals surface area contributed by atoms with Crippen molar-refractivity contribution < 1.29 is 9.84 Å². The van der Waals surface area contributed by atoms with Gasteiger partial charge in [0.1, 0.15) is 11.6 Å². The van der Waals surface area contributed by atoms with E-state index in [4.69, 9.17) is 4.74 Å². The number of imidazole rings is 1. The summed E-state index contributed by atoms with van der Waals surface area (Å²) in [5.41, 5.74) is 0.937. The summed E-state index contributed by atoms with van der Waals surface area (Å²) in [5.74, 6) is 1.32. The van der Waals surface area contributed by atoms with Crippen LogP contribution in [0.25, 0.3) is 5.52 Å². The first-order valence-corrected chi connectivity index (χ1v) is 6.28. The van der Waals surface area contributed by atoms with Gasteiger partial charge in [-0.15, -0.1) is 0 Å². The molecule has 0 radical (unpaired) electrons. The summed E-state index contributed by atoms with van der Waals surface area (Å²) in [6.07, 6.45) is 4.58. The van der Waals surface area contributed by atoms with Crippen LogP contribution in [0.2, 0.25) is 0 Å². The Labute approximate surface area is 106 Å². The van der Waals surface area contributed by atoms with Crippen molar-refractivity contribution in [2.24, 2.45) is 0 Å². The van der Waals surface area contributed by atoms with Gasteiger partial charge in [0.25, 0.3) is 0 Å². The van der Waals surface area contributed by atoms with Gasteiger partial charge in [-0.05, 0) is 6.07 Å². The smallest absolute Gasteiger partial charge is 0.119 e. The van der Waals surface area contributed by atoms with Crippen LogP contribution >= 0.6 is 0 Å². The van der Waals surface area contributed by atoms with Crippen LogP contribution in [0, 0.1) is 0 Å². The van der Waals surface area contributed by atoms with Crippen molar-refractivity contribution in [3.63, 3.8) is 0 Å². The molecule has 0 unspecified atom stereocenters. The number of aromatic hydroxyl groups is 1. The second-order valence-corrected chi connectivity index (χ2v) is 4.56. The predicted molar refractivity (Wildman–Crippen MR) is 67.8 cm³/mol. The molecule has 96 valence electrons. The van der Waals surface area contributed by atoms with Gasteiger partial charge in [0.15, 0.2) is 0 Å². The number of rotatable bonds is 3. The van der Waals surface area contributed by atoms with Crippen LogP contribution in [-0.2, 0) is 11.2 Å². The predicted octanol–water partition coefficient (Wildman–Crippen LogP) is 0.915. The summed E-state index contributed by atoms with van der Waals surface area (Å²) >= 11 is 0. The molecule has 1 N–H and O–H groups in total. The highest BCUT2D eigenvalue weighted by Crippen LogP contribution is 2.14. The summed E-state index contributed by atoms with van der Waals surface area (Å²) in [7, 11) is 0. The second-order valence-electron chi connectivity index (χ2n) is 4.56. The molecule has 3 rings (SSSR count). The molecule has 1 saturated heterocycles. The maximum absolute atomic E-state index is 9.41. The quantitative estimate of drug-likeness (QED) is 0.876. The summed E-state index contributed by atoms with van der Waals surface area (Å²) in [4.78, 5) is 6.81. The van der Waals surface area contributed by atoms with E-state index in [0.29, 0.717) is 0 Å². The monoisotopic (exact) mass is 247 g/mol. The van der Waals surface area contributed by atoms with Crippen molar-refractivity contribution in [2.45, 2.75) is 6.42 Å². The van der Waals surface area contributed by atoms with Crippen LogP contribution in [0.3, 0.4) is 0 Å². The fourth-order valence-corrected chi connectivity index (χ4v) is 2.31. The molecule has 18 heavy (non-hydrogen) atoms. The van der Waals surface area contributed by atoms with E-state index in [0.717, 1.165) is 50.6 Å². The van der Waals surface area contributed by atoms with Gasteiger partial charge >= 0.3 is 0 Å². The average Bonchev–Trinajstić information content (AvgIpc) is 2.80. The second kappa shape index (κ2) is 4.96. The van der Waals surface area contributed by atoms with Gasteiger partial charge in [-0.25, -0.2) is 4.98 Å². The molecular formula is C13H17N3O2. The zero-order chi connectivity index (χ0) is 12.4. The van der Waals surface area contributed by atoms with Crippen LogP contribution < -0.4 is 0 Å². The average molecular weight is 247 g/mol. The van der Waals surface area contributed by atoms with Gasteiger partial charge in [0.05, 0.1) is 24.9 Å². The molecule has 2 aromatic heterocycles. The SMILES string of the molecule is Oc1ccn2c(CCN3CCOCC3)ncc2c1. The molecule has 1 aliphatic rings. The van der Waals surface area contributed by atoms with Crippen LogP contribution in [0.5, 0.6) is 5.75 Å². The van der Waals surface area contributed by atoms with Gasteiger partial charge in [0.2, 0.25) is 0 Å². The number of aromatic nitrogens is 2. The van der Waals surface area contributed by atoms with Crippen molar-refractivity contribution in [1.82, 2.24) is 14.3 Å². The maximum Gasteiger partial charge on any atom is 0.119 e. The standard InChI is InChI=1S/C13H17N3O2/c17-12-1-4-16-11(9-12)10-14-13(16)2-3-15-5-7-18-8-6-15/h1,4,9-10,17H,2-3,5-8H2. The van der Waals surface area contributed by atoms with Crippen LogP contribution in [0.15, 0.2) is 24.5 Å². The largest absolute Gasteiger partial charge is 0.508 e. The van der Waals surface area contributed by atoms with E-state index >= 15 is 0 Å². The Balaban J connectivity index is 1.70. The Morgan fingerprint density at radius 1 is 1.33 bits per heavy atom. The van der Waals surface area contributed by atoms with E-state index in [9.17, 15) is 5.11 Å². The third-order valence-electron chi connectivity index (χ3n) is 3.35. The highest BCUT2D eigenvalue weighted by Gasteiger charge is 2.11. The summed E-state index contributed by atoms with van der Waals surface area (Å²) in [5, 5.41) is 9.41. The fourth-order valence-electron chi connectivity index (χ4n) is 2.31. The van der Waals surface area contributed by atoms with Crippen molar-refractivity contribution >= 4 is 5.52 Å². The summed E-state index contributed by atoms with van der Waals surface area (Å²) in [6, 6.07) is 3.41. The van der Waals surface area contributed by atoms with E-state index in [-0.39, 0.29) is 5.75 Å². The van der Waals surface area contributed by atoms with Gasteiger partial charge in [-0.3, -0.25) is 4.90 Å². The lowest BCUT2D eigenvalue weighted by atomic mass is 10.3. The molecule has 0 atom stereocenters. The molecule has 0 spiro atoms. The Morgan fingerprint density at radius 2 is 2.17 bits per heavy atom. The van der Waals surface area contributed by atoms with Crippen LogP contribution in [-0.4, -0.2) is 52.2 Å². The number of ether oxygens (including phenoxy) is 1. The molecule has 3 heterocycles. The number of nitrogens with zero attached hydrogens (tertiary/aromatic N) is 3. The molecule has 0 amide bonds. The van der Waals surface area contributed by atoms with Crippen LogP contribution in [0.1, 0.15) is 5.82 Å². The van der Waals surface area contributed by atoms with Crippen molar-refractivity contribution in [2.75, 3.05) is 32.8 Å². The van der Waals surface area contributed by atoms with E-state index in [1.807, 2.05) is 10.6 Å². The molecule has 0 bridgehead atoms. The molecule has 1 aliphatic heterocycles. The van der Waals surface area contributed by atoms with Gasteiger partial charge in [-0.2, -0.15) is 0 Å². The minimum Gasteiger partial charge on any atom is -0.508 e. The number of hydrogen-bond acceptors (Lipinski definition) is 4. The number of hydrogen-bond donors (Lipinski definition) is 1. The zero-order valence-electron chi connectivity index (χ0n) is 10.2. The number of pyridine rings is 1. The number of fused-ring (bicyclic) bond motifs is 1. The first-order chi connectivity index (χ1) is 8.83. The van der Waals surface area contributed by atoms with Crippen molar-refractivity contribution in [1.29, 1.82) is 0 Å². The molecule has 0 aliphatic carbocycles.